The minimum absolute atomic E-state index is 0. The second-order valence-corrected chi connectivity index (χ2v) is 8.30. The van der Waals surface area contributed by atoms with Crippen molar-refractivity contribution in [1.82, 2.24) is 15.5 Å². The topological polar surface area (TPSA) is 66.0 Å². The van der Waals surface area contributed by atoms with Gasteiger partial charge in [-0.05, 0) is 42.7 Å². The third-order valence-corrected chi connectivity index (χ3v) is 5.11. The Morgan fingerprint density at radius 2 is 1.83 bits per heavy atom. The minimum Gasteiger partial charge on any atom is -0.450 e. The first-order valence-corrected chi connectivity index (χ1v) is 10.3. The van der Waals surface area contributed by atoms with Gasteiger partial charge < -0.3 is 20.3 Å². The molecule has 0 saturated carbocycles. The molecule has 0 spiro atoms. The van der Waals surface area contributed by atoms with Gasteiger partial charge in [0.25, 0.3) is 0 Å². The summed E-state index contributed by atoms with van der Waals surface area (Å²) in [4.78, 5) is 17.9. The lowest BCUT2D eigenvalue weighted by atomic mass is 9.86. The third kappa shape index (κ3) is 8.40. The van der Waals surface area contributed by atoms with Crippen LogP contribution >= 0.6 is 24.0 Å². The molecular formula is C22H37IN4O2. The zero-order valence-corrected chi connectivity index (χ0v) is 20.8. The highest BCUT2D eigenvalue weighted by Gasteiger charge is 2.24. The first kappa shape index (κ1) is 25.5. The summed E-state index contributed by atoms with van der Waals surface area (Å²) >= 11 is 0. The third-order valence-electron chi connectivity index (χ3n) is 5.11. The fraction of sp³-hybridized carbons (Fsp3) is 0.636. The molecule has 1 aromatic rings. The number of amides is 1. The Labute approximate surface area is 192 Å². The predicted molar refractivity (Wildman–Crippen MR) is 130 cm³/mol. The maximum atomic E-state index is 11.8. The molecule has 0 aromatic heterocycles. The first-order chi connectivity index (χ1) is 13.3. The number of piperidine rings is 1. The second kappa shape index (κ2) is 12.2. The van der Waals surface area contributed by atoms with E-state index in [4.69, 9.17) is 4.74 Å². The van der Waals surface area contributed by atoms with E-state index >= 15 is 0 Å². The molecule has 0 atom stereocenters. The molecule has 1 aliphatic heterocycles. The van der Waals surface area contributed by atoms with Crippen LogP contribution in [-0.2, 0) is 16.6 Å². The summed E-state index contributed by atoms with van der Waals surface area (Å²) in [5.74, 6) is 0.820. The number of aliphatic imine (C=N–C) groups is 1. The summed E-state index contributed by atoms with van der Waals surface area (Å²) in [5.41, 5.74) is 2.86. The number of nitrogens with one attached hydrogen (secondary N) is 2. The SMILES string of the molecule is CCOC(=O)N1CCC(NC(=NC)NCCc2ccc(C(C)(C)C)cc2)CC1.I. The molecular weight excluding hydrogens is 479 g/mol. The summed E-state index contributed by atoms with van der Waals surface area (Å²) in [7, 11) is 1.79. The van der Waals surface area contributed by atoms with E-state index < -0.39 is 0 Å². The Morgan fingerprint density at radius 1 is 1.21 bits per heavy atom. The number of carbonyl (C=O) groups is 1. The summed E-state index contributed by atoms with van der Waals surface area (Å²) < 4.78 is 5.07. The number of hydrogen-bond donors (Lipinski definition) is 2. The smallest absolute Gasteiger partial charge is 0.409 e. The molecule has 0 unspecified atom stereocenters. The molecule has 1 fully saturated rings. The zero-order valence-electron chi connectivity index (χ0n) is 18.5. The second-order valence-electron chi connectivity index (χ2n) is 8.30. The van der Waals surface area contributed by atoms with E-state index in [2.05, 4.69) is 60.7 Å². The number of ether oxygens (including phenoxy) is 1. The van der Waals surface area contributed by atoms with Gasteiger partial charge in [-0.3, -0.25) is 4.99 Å². The van der Waals surface area contributed by atoms with Crippen molar-refractivity contribution in [3.05, 3.63) is 35.4 Å². The van der Waals surface area contributed by atoms with Gasteiger partial charge in [-0.2, -0.15) is 0 Å². The zero-order chi connectivity index (χ0) is 20.6. The molecule has 29 heavy (non-hydrogen) atoms. The van der Waals surface area contributed by atoms with Gasteiger partial charge in [-0.15, -0.1) is 24.0 Å². The number of nitrogens with zero attached hydrogens (tertiary/aromatic N) is 2. The molecule has 2 rings (SSSR count). The molecule has 1 heterocycles. The number of guanidine groups is 1. The maximum absolute atomic E-state index is 11.8. The van der Waals surface area contributed by atoms with Gasteiger partial charge in [0, 0.05) is 32.7 Å². The number of likely N-dealkylation sites (tertiary alicyclic amines) is 1. The monoisotopic (exact) mass is 516 g/mol. The molecule has 0 bridgehead atoms. The van der Waals surface area contributed by atoms with Crippen LogP contribution in [0.25, 0.3) is 0 Å². The van der Waals surface area contributed by atoms with Crippen molar-refractivity contribution >= 4 is 36.0 Å². The number of rotatable bonds is 5. The van der Waals surface area contributed by atoms with E-state index in [0.717, 1.165) is 31.8 Å². The Hall–Kier alpha value is -1.51. The van der Waals surface area contributed by atoms with Crippen molar-refractivity contribution in [3.8, 4) is 0 Å². The molecule has 6 nitrogen and oxygen atoms in total. The van der Waals surface area contributed by atoms with E-state index in [1.807, 2.05) is 6.92 Å². The molecule has 1 aromatic carbocycles. The van der Waals surface area contributed by atoms with Gasteiger partial charge in [-0.1, -0.05) is 45.0 Å². The van der Waals surface area contributed by atoms with Crippen LogP contribution < -0.4 is 10.6 Å². The standard InChI is InChI=1S/C22H36N4O2.HI/c1-6-28-21(27)26-15-12-19(13-16-26)25-20(23-5)24-14-11-17-7-9-18(10-8-17)22(2,3)4;/h7-10,19H,6,11-16H2,1-5H3,(H2,23,24,25);1H. The van der Waals surface area contributed by atoms with E-state index in [1.165, 1.54) is 11.1 Å². The Balaban J connectivity index is 0.00000420. The van der Waals surface area contributed by atoms with Crippen LogP contribution in [0.3, 0.4) is 0 Å². The van der Waals surface area contributed by atoms with E-state index in [0.29, 0.717) is 25.7 Å². The average Bonchev–Trinajstić information content (AvgIpc) is 2.67. The van der Waals surface area contributed by atoms with Crippen LogP contribution in [0.4, 0.5) is 4.79 Å². The molecule has 164 valence electrons. The van der Waals surface area contributed by atoms with Crippen molar-refractivity contribution < 1.29 is 9.53 Å². The number of hydrogen-bond acceptors (Lipinski definition) is 3. The van der Waals surface area contributed by atoms with Crippen molar-refractivity contribution in [2.75, 3.05) is 33.3 Å². The largest absolute Gasteiger partial charge is 0.450 e. The Bertz CT molecular complexity index is 648. The molecule has 2 N–H and O–H groups in total. The molecule has 0 aliphatic carbocycles. The molecule has 7 heteroatoms. The van der Waals surface area contributed by atoms with Crippen molar-refractivity contribution in [1.29, 1.82) is 0 Å². The van der Waals surface area contributed by atoms with Gasteiger partial charge in [0.05, 0.1) is 6.61 Å². The average molecular weight is 516 g/mol. The molecule has 1 amide bonds. The lowest BCUT2D eigenvalue weighted by Crippen LogP contribution is -2.50. The van der Waals surface area contributed by atoms with Crippen molar-refractivity contribution in [2.24, 2.45) is 4.99 Å². The highest BCUT2D eigenvalue weighted by Crippen LogP contribution is 2.22. The Kier molecular flexibility index (Phi) is 10.8. The van der Waals surface area contributed by atoms with Gasteiger partial charge in [-0.25, -0.2) is 4.79 Å². The Morgan fingerprint density at radius 3 is 2.34 bits per heavy atom. The van der Waals surface area contributed by atoms with Crippen LogP contribution in [0.1, 0.15) is 51.7 Å². The van der Waals surface area contributed by atoms with Gasteiger partial charge in [0.15, 0.2) is 5.96 Å². The molecule has 1 aliphatic rings. The first-order valence-electron chi connectivity index (χ1n) is 10.3. The van der Waals surface area contributed by atoms with Gasteiger partial charge in [0.2, 0.25) is 0 Å². The molecule has 1 saturated heterocycles. The fourth-order valence-electron chi connectivity index (χ4n) is 3.31. The normalized spacial score (nSPS) is 15.5. The van der Waals surface area contributed by atoms with Gasteiger partial charge >= 0.3 is 6.09 Å². The summed E-state index contributed by atoms with van der Waals surface area (Å²) in [6, 6.07) is 9.19. The van der Waals surface area contributed by atoms with Crippen LogP contribution in [0.5, 0.6) is 0 Å². The van der Waals surface area contributed by atoms with E-state index in [1.54, 1.807) is 11.9 Å². The van der Waals surface area contributed by atoms with Crippen LogP contribution in [0.15, 0.2) is 29.3 Å². The van der Waals surface area contributed by atoms with E-state index in [9.17, 15) is 4.79 Å². The van der Waals surface area contributed by atoms with Gasteiger partial charge in [0.1, 0.15) is 0 Å². The number of carbonyl (C=O) groups excluding carboxylic acids is 1. The van der Waals surface area contributed by atoms with Crippen molar-refractivity contribution in [3.63, 3.8) is 0 Å². The van der Waals surface area contributed by atoms with Crippen LogP contribution in [0.2, 0.25) is 0 Å². The summed E-state index contributed by atoms with van der Waals surface area (Å²) in [5, 5.41) is 6.87. The van der Waals surface area contributed by atoms with E-state index in [-0.39, 0.29) is 35.5 Å². The minimum atomic E-state index is -0.207. The van der Waals surface area contributed by atoms with Crippen LogP contribution in [0, 0.1) is 0 Å². The van der Waals surface area contributed by atoms with Crippen molar-refractivity contribution in [2.45, 2.75) is 58.4 Å². The fourth-order valence-corrected chi connectivity index (χ4v) is 3.31. The predicted octanol–water partition coefficient (Wildman–Crippen LogP) is 3.93. The summed E-state index contributed by atoms with van der Waals surface area (Å²) in [6.07, 6.45) is 2.54. The molecule has 0 radical (unpaired) electrons. The lowest BCUT2D eigenvalue weighted by Gasteiger charge is -2.32. The number of benzene rings is 1. The number of halogens is 1. The highest BCUT2D eigenvalue weighted by atomic mass is 127. The lowest BCUT2D eigenvalue weighted by molar-refractivity contribution is 0.0963. The maximum Gasteiger partial charge on any atom is 0.409 e. The summed E-state index contributed by atoms with van der Waals surface area (Å²) in [6.45, 7) is 11.2. The quantitative estimate of drug-likeness (QED) is 0.354. The highest BCUT2D eigenvalue weighted by molar-refractivity contribution is 14.0. The van der Waals surface area contributed by atoms with Crippen LogP contribution in [-0.4, -0.2) is 56.3 Å².